The number of rotatable bonds is 5. The maximum absolute atomic E-state index is 7.12. The predicted octanol–water partition coefficient (Wildman–Crippen LogP) is 3.63. The highest BCUT2D eigenvalue weighted by atomic mass is 16.4. The monoisotopic (exact) mass is 284 g/mol. The Morgan fingerprint density at radius 3 is 2.14 bits per heavy atom. The van der Waals surface area contributed by atoms with E-state index in [0.717, 1.165) is 0 Å². The highest BCUT2D eigenvalue weighted by molar-refractivity contribution is 6.13. The Kier molecular flexibility index (Phi) is 8.48. The molecule has 0 saturated carbocycles. The van der Waals surface area contributed by atoms with Crippen LogP contribution in [0.3, 0.4) is 0 Å². The quantitative estimate of drug-likeness (QED) is 0.650. The molecular weight excluding hydrogens is 259 g/mol. The molecule has 0 aromatic heterocycles. The largest absolute Gasteiger partial charge is 0.432 e. The lowest BCUT2D eigenvalue weighted by atomic mass is 10.0. The maximum atomic E-state index is 7.12. The summed E-state index contributed by atoms with van der Waals surface area (Å²) >= 11 is 0. The lowest BCUT2D eigenvalue weighted by Gasteiger charge is -2.05. The van der Waals surface area contributed by atoms with Gasteiger partial charge in [-0.15, -0.1) is 0 Å². The zero-order valence-corrected chi connectivity index (χ0v) is 13.0. The Morgan fingerprint density at radius 1 is 0.905 bits per heavy atom. The Bertz CT molecular complexity index is 509. The zero-order chi connectivity index (χ0) is 15.5. The third-order valence-electron chi connectivity index (χ3n) is 3.37. The molecule has 2 nitrogen and oxygen atoms in total. The summed E-state index contributed by atoms with van der Waals surface area (Å²) in [5, 5.41) is 14.2. The molecule has 0 spiro atoms. The lowest BCUT2D eigenvalue weighted by Crippen LogP contribution is -1.86. The molecule has 0 atom stereocenters. The third kappa shape index (κ3) is 6.61. The van der Waals surface area contributed by atoms with Crippen molar-refractivity contribution in [3.63, 3.8) is 0 Å². The van der Waals surface area contributed by atoms with Gasteiger partial charge in [0, 0.05) is 0 Å². The van der Waals surface area contributed by atoms with Crippen LogP contribution in [0.4, 0.5) is 0 Å². The number of aryl methyl sites for hydroxylation is 2. The van der Waals surface area contributed by atoms with Crippen LogP contribution in [0.2, 0.25) is 0 Å². The van der Waals surface area contributed by atoms with Gasteiger partial charge < -0.3 is 10.0 Å². The summed E-state index contributed by atoms with van der Waals surface area (Å²) in [5.41, 5.74) is 5.41. The molecule has 0 aliphatic rings. The molecule has 0 unspecified atom stereocenters. The van der Waals surface area contributed by atoms with Crippen LogP contribution in [0.1, 0.15) is 37.3 Å². The van der Waals surface area contributed by atoms with Gasteiger partial charge in [-0.3, -0.25) is 0 Å². The minimum atomic E-state index is -0.750. The predicted molar refractivity (Wildman–Crippen MR) is 91.4 cm³/mol. The van der Waals surface area contributed by atoms with Crippen molar-refractivity contribution in [2.24, 2.45) is 0 Å². The molecular formula is C18H25BO2. The van der Waals surface area contributed by atoms with Crippen LogP contribution in [0.15, 0.2) is 48.5 Å². The first-order chi connectivity index (χ1) is 10.2. The first-order valence-corrected chi connectivity index (χ1v) is 7.59. The summed E-state index contributed by atoms with van der Waals surface area (Å²) in [4.78, 5) is 0. The van der Waals surface area contributed by atoms with E-state index in [9.17, 15) is 0 Å². The van der Waals surface area contributed by atoms with Crippen LogP contribution < -0.4 is 0 Å². The van der Waals surface area contributed by atoms with E-state index in [4.69, 9.17) is 10.0 Å². The smallest absolute Gasteiger partial charge is 0.430 e. The first kappa shape index (κ1) is 17.5. The van der Waals surface area contributed by atoms with Gasteiger partial charge in [0.15, 0.2) is 0 Å². The minimum Gasteiger partial charge on any atom is -0.430 e. The highest BCUT2D eigenvalue weighted by Crippen LogP contribution is 2.21. The fourth-order valence-electron chi connectivity index (χ4n) is 2.27. The van der Waals surface area contributed by atoms with Crippen molar-refractivity contribution < 1.29 is 10.0 Å². The molecule has 0 amide bonds. The van der Waals surface area contributed by atoms with Crippen LogP contribution in [-0.4, -0.2) is 17.7 Å². The van der Waals surface area contributed by atoms with Crippen molar-refractivity contribution in [2.45, 2.75) is 39.5 Å². The van der Waals surface area contributed by atoms with Crippen LogP contribution in [0.5, 0.6) is 0 Å². The second-order valence-corrected chi connectivity index (χ2v) is 5.16. The van der Waals surface area contributed by atoms with Crippen molar-refractivity contribution in [3.05, 3.63) is 59.7 Å². The van der Waals surface area contributed by atoms with Gasteiger partial charge in [0.25, 0.3) is 0 Å². The van der Waals surface area contributed by atoms with E-state index in [0.29, 0.717) is 0 Å². The van der Waals surface area contributed by atoms with Crippen LogP contribution >= 0.6 is 0 Å². The zero-order valence-electron chi connectivity index (χ0n) is 13.0. The van der Waals surface area contributed by atoms with Crippen molar-refractivity contribution in [3.8, 4) is 11.1 Å². The molecule has 0 aliphatic carbocycles. The van der Waals surface area contributed by atoms with Gasteiger partial charge in [-0.2, -0.15) is 0 Å². The van der Waals surface area contributed by atoms with Crippen molar-refractivity contribution in [1.29, 1.82) is 0 Å². The van der Waals surface area contributed by atoms with E-state index >= 15 is 0 Å². The van der Waals surface area contributed by atoms with Gasteiger partial charge in [0.1, 0.15) is 0 Å². The number of hydrogen-bond donors (Lipinski definition) is 2. The molecule has 2 rings (SSSR count). The Labute approximate surface area is 128 Å². The van der Waals surface area contributed by atoms with E-state index in [-0.39, 0.29) is 0 Å². The van der Waals surface area contributed by atoms with Gasteiger partial charge in [-0.25, -0.2) is 0 Å². The molecule has 0 heterocycles. The fraction of sp³-hybridized carbons (Fsp3) is 0.333. The Hall–Kier alpha value is -1.58. The van der Waals surface area contributed by atoms with Crippen molar-refractivity contribution in [1.82, 2.24) is 0 Å². The van der Waals surface area contributed by atoms with Crippen LogP contribution in [-0.2, 0) is 6.42 Å². The molecule has 3 heteroatoms. The average Bonchev–Trinajstić information content (AvgIpc) is 2.49. The molecule has 2 aromatic carbocycles. The second kappa shape index (κ2) is 10.2. The molecule has 0 saturated heterocycles. The summed E-state index contributed by atoms with van der Waals surface area (Å²) in [6.45, 7) is 4.39. The summed E-state index contributed by atoms with van der Waals surface area (Å²) in [5.74, 6) is 0. The van der Waals surface area contributed by atoms with E-state index < -0.39 is 7.69 Å². The maximum Gasteiger partial charge on any atom is 0.432 e. The third-order valence-corrected chi connectivity index (χ3v) is 3.37. The number of hydrogen-bond acceptors (Lipinski definition) is 2. The topological polar surface area (TPSA) is 40.5 Å². The summed E-state index contributed by atoms with van der Waals surface area (Å²) in [7, 11) is -0.750. The Morgan fingerprint density at radius 2 is 1.57 bits per heavy atom. The second-order valence-electron chi connectivity index (χ2n) is 5.16. The lowest BCUT2D eigenvalue weighted by molar-refractivity contribution is 0.448. The SMILES string of the molecule is CCCCCc1ccc(-c2cccc(C)c2)cc1.OBO. The summed E-state index contributed by atoms with van der Waals surface area (Å²) < 4.78 is 0. The van der Waals surface area contributed by atoms with Gasteiger partial charge >= 0.3 is 7.69 Å². The standard InChI is InChI=1S/C18H22.BH3O2/c1-3-4-5-8-16-10-12-17(13-11-16)18-9-6-7-15(2)14-18;2-1-3/h6-7,9-14H,3-5,8H2,1-2H3;1-3H. The van der Waals surface area contributed by atoms with Gasteiger partial charge in [0.05, 0.1) is 0 Å². The molecule has 2 aromatic rings. The summed E-state index contributed by atoms with van der Waals surface area (Å²) in [6.07, 6.45) is 5.14. The molecule has 21 heavy (non-hydrogen) atoms. The molecule has 0 aliphatic heterocycles. The molecule has 0 bridgehead atoms. The normalized spacial score (nSPS) is 9.71. The van der Waals surface area contributed by atoms with Gasteiger partial charge in [-0.1, -0.05) is 73.9 Å². The van der Waals surface area contributed by atoms with Gasteiger partial charge in [0.2, 0.25) is 0 Å². The fourth-order valence-corrected chi connectivity index (χ4v) is 2.27. The van der Waals surface area contributed by atoms with Crippen LogP contribution in [0, 0.1) is 6.92 Å². The van der Waals surface area contributed by atoms with E-state index in [1.807, 2.05) is 0 Å². The molecule has 2 N–H and O–H groups in total. The minimum absolute atomic E-state index is 0.750. The van der Waals surface area contributed by atoms with E-state index in [2.05, 4.69) is 62.4 Å². The highest BCUT2D eigenvalue weighted by Gasteiger charge is 1.98. The van der Waals surface area contributed by atoms with E-state index in [1.54, 1.807) is 0 Å². The molecule has 0 radical (unpaired) electrons. The van der Waals surface area contributed by atoms with Gasteiger partial charge in [-0.05, 0) is 36.5 Å². The molecule has 112 valence electrons. The number of benzene rings is 2. The first-order valence-electron chi connectivity index (χ1n) is 7.59. The summed E-state index contributed by atoms with van der Waals surface area (Å²) in [6, 6.07) is 17.7. The number of unbranched alkanes of at least 4 members (excludes halogenated alkanes) is 2. The van der Waals surface area contributed by atoms with Crippen LogP contribution in [0.25, 0.3) is 11.1 Å². The van der Waals surface area contributed by atoms with Crippen molar-refractivity contribution >= 4 is 7.69 Å². The van der Waals surface area contributed by atoms with Crippen molar-refractivity contribution in [2.75, 3.05) is 0 Å². The molecule has 0 fully saturated rings. The Balaban J connectivity index is 0.000000677. The van der Waals surface area contributed by atoms with E-state index in [1.165, 1.54) is 47.9 Å². The average molecular weight is 284 g/mol.